The molecule has 64 valence electrons. The fourth-order valence-electron chi connectivity index (χ4n) is 0.177. The van der Waals surface area contributed by atoms with Gasteiger partial charge in [-0.05, 0) is 0 Å². The molecule has 0 aliphatic heterocycles. The van der Waals surface area contributed by atoms with Crippen molar-refractivity contribution >= 4 is 0 Å². The Balaban J connectivity index is -0.000000107. The standard InChI is InChI=1S/2C3H8N2.Zr/c2*4-2-1-3-5;/h2*4-5H,1-3H2;/q2*-2;+4. The fourth-order valence-corrected chi connectivity index (χ4v) is 0.177. The van der Waals surface area contributed by atoms with Crippen molar-refractivity contribution < 1.29 is 26.2 Å². The van der Waals surface area contributed by atoms with Crippen LogP contribution in [0.4, 0.5) is 0 Å². The van der Waals surface area contributed by atoms with Gasteiger partial charge in [0.15, 0.2) is 0 Å². The van der Waals surface area contributed by atoms with E-state index >= 15 is 0 Å². The van der Waals surface area contributed by atoms with E-state index in [1.165, 1.54) is 0 Å². The summed E-state index contributed by atoms with van der Waals surface area (Å²) in [5, 5.41) is 0. The van der Waals surface area contributed by atoms with Gasteiger partial charge in [0.05, 0.1) is 0 Å². The minimum absolute atomic E-state index is 0. The first-order valence-electron chi connectivity index (χ1n) is 3.41. The molecule has 11 heavy (non-hydrogen) atoms. The number of hydrogen-bond donors (Lipinski definition) is 0. The van der Waals surface area contributed by atoms with Gasteiger partial charge >= 0.3 is 26.2 Å². The molecule has 0 saturated carbocycles. The minimum Gasteiger partial charge on any atom is -0.677 e. The fraction of sp³-hybridized carbons (Fsp3) is 1.00. The van der Waals surface area contributed by atoms with Crippen molar-refractivity contribution in [1.82, 2.24) is 0 Å². The second kappa shape index (κ2) is 22.4. The van der Waals surface area contributed by atoms with Gasteiger partial charge in [-0.1, -0.05) is 12.8 Å². The predicted molar refractivity (Wildman–Crippen MR) is 46.0 cm³/mol. The zero-order chi connectivity index (χ0) is 8.24. The maximum absolute atomic E-state index is 6.48. The Kier molecular flexibility index (Phi) is 36.1. The van der Waals surface area contributed by atoms with Gasteiger partial charge in [-0.2, -0.15) is 26.2 Å². The minimum atomic E-state index is 0. The smallest absolute Gasteiger partial charge is 0.677 e. The molecule has 0 rings (SSSR count). The Hall–Kier alpha value is 0.723. The molecule has 4 N–H and O–H groups in total. The molecule has 0 amide bonds. The topological polar surface area (TPSA) is 95.2 Å². The Morgan fingerprint density at radius 1 is 0.545 bits per heavy atom. The van der Waals surface area contributed by atoms with Crippen molar-refractivity contribution in [3.63, 3.8) is 0 Å². The molecule has 0 aromatic carbocycles. The molecular formula is C6H16N4Zr. The van der Waals surface area contributed by atoms with Crippen LogP contribution in [0.2, 0.25) is 0 Å². The van der Waals surface area contributed by atoms with Crippen molar-refractivity contribution in [3.05, 3.63) is 22.9 Å². The van der Waals surface area contributed by atoms with Gasteiger partial charge in [0.1, 0.15) is 0 Å². The Morgan fingerprint density at radius 2 is 0.727 bits per heavy atom. The SMILES string of the molecule is [NH-]CCC[NH-].[NH-]CCC[NH-].[Zr+4]. The molecule has 5 heteroatoms. The second-order valence-electron chi connectivity index (χ2n) is 1.71. The molecule has 0 spiro atoms. The van der Waals surface area contributed by atoms with Crippen LogP contribution in [-0.2, 0) is 26.2 Å². The molecule has 0 aliphatic rings. The number of hydrogen-bond acceptors (Lipinski definition) is 0. The van der Waals surface area contributed by atoms with Crippen molar-refractivity contribution in [2.24, 2.45) is 0 Å². The molecule has 0 aromatic heterocycles. The predicted octanol–water partition coefficient (Wildman–Crippen LogP) is 2.96. The van der Waals surface area contributed by atoms with E-state index in [0.29, 0.717) is 26.2 Å². The summed E-state index contributed by atoms with van der Waals surface area (Å²) in [6.07, 6.45) is 1.44. The molecule has 0 aromatic rings. The molecule has 0 saturated heterocycles. The number of rotatable bonds is 4. The zero-order valence-corrected chi connectivity index (χ0v) is 9.20. The average molecular weight is 235 g/mol. The van der Waals surface area contributed by atoms with Crippen molar-refractivity contribution in [2.75, 3.05) is 26.2 Å². The van der Waals surface area contributed by atoms with Gasteiger partial charge in [0, 0.05) is 0 Å². The second-order valence-corrected chi connectivity index (χ2v) is 1.71. The monoisotopic (exact) mass is 234 g/mol. The van der Waals surface area contributed by atoms with E-state index in [-0.39, 0.29) is 26.2 Å². The Labute approximate surface area is 88.2 Å². The van der Waals surface area contributed by atoms with E-state index < -0.39 is 0 Å². The van der Waals surface area contributed by atoms with Crippen molar-refractivity contribution in [1.29, 1.82) is 0 Å². The van der Waals surface area contributed by atoms with Gasteiger partial charge in [0.2, 0.25) is 0 Å². The van der Waals surface area contributed by atoms with Crippen LogP contribution < -0.4 is 0 Å². The first-order chi connectivity index (χ1) is 4.83. The molecule has 0 atom stereocenters. The molecular weight excluding hydrogens is 219 g/mol. The van der Waals surface area contributed by atoms with E-state index in [4.69, 9.17) is 22.9 Å². The molecule has 0 bridgehead atoms. The van der Waals surface area contributed by atoms with Crippen LogP contribution >= 0.6 is 0 Å². The van der Waals surface area contributed by atoms with Crippen LogP contribution in [0.3, 0.4) is 0 Å². The summed E-state index contributed by atoms with van der Waals surface area (Å²) in [4.78, 5) is 0. The Bertz CT molecular complexity index is 35.6. The summed E-state index contributed by atoms with van der Waals surface area (Å²) in [5.74, 6) is 0. The van der Waals surface area contributed by atoms with Gasteiger partial charge < -0.3 is 22.9 Å². The molecule has 0 aliphatic carbocycles. The van der Waals surface area contributed by atoms with Crippen LogP contribution in [-0.4, -0.2) is 26.2 Å². The first kappa shape index (κ1) is 17.7. The van der Waals surface area contributed by atoms with E-state index in [1.54, 1.807) is 0 Å². The summed E-state index contributed by atoms with van der Waals surface area (Å²) in [6.45, 7) is 1.62. The van der Waals surface area contributed by atoms with Crippen LogP contribution in [0, 0.1) is 0 Å². The number of nitrogens with one attached hydrogen (secondary N) is 4. The third-order valence-electron chi connectivity index (χ3n) is 0.707. The zero-order valence-electron chi connectivity index (χ0n) is 6.74. The molecule has 0 radical (unpaired) electrons. The maximum atomic E-state index is 6.48. The molecule has 0 unspecified atom stereocenters. The third-order valence-corrected chi connectivity index (χ3v) is 0.707. The summed E-state index contributed by atoms with van der Waals surface area (Å²) < 4.78 is 0. The van der Waals surface area contributed by atoms with E-state index in [1.807, 2.05) is 0 Å². The molecule has 0 fully saturated rings. The van der Waals surface area contributed by atoms with Crippen LogP contribution in [0.5, 0.6) is 0 Å². The summed E-state index contributed by atoms with van der Waals surface area (Å²) in [7, 11) is 0. The van der Waals surface area contributed by atoms with Crippen LogP contribution in [0.1, 0.15) is 12.8 Å². The van der Waals surface area contributed by atoms with Gasteiger partial charge in [-0.15, -0.1) is 0 Å². The Morgan fingerprint density at radius 3 is 0.727 bits per heavy atom. The first-order valence-corrected chi connectivity index (χ1v) is 3.41. The molecule has 0 heterocycles. The van der Waals surface area contributed by atoms with Crippen LogP contribution in [0.15, 0.2) is 0 Å². The maximum Gasteiger partial charge on any atom is 4.00 e. The van der Waals surface area contributed by atoms with Gasteiger partial charge in [-0.3, -0.25) is 0 Å². The summed E-state index contributed by atoms with van der Waals surface area (Å²) in [5.41, 5.74) is 25.9. The van der Waals surface area contributed by atoms with Gasteiger partial charge in [0.25, 0.3) is 0 Å². The third kappa shape index (κ3) is 36.6. The normalized spacial score (nSPS) is 7.64. The van der Waals surface area contributed by atoms with Crippen molar-refractivity contribution in [2.45, 2.75) is 12.8 Å². The van der Waals surface area contributed by atoms with E-state index in [0.717, 1.165) is 12.8 Å². The molecule has 4 nitrogen and oxygen atoms in total. The van der Waals surface area contributed by atoms with E-state index in [2.05, 4.69) is 0 Å². The van der Waals surface area contributed by atoms with Crippen molar-refractivity contribution in [3.8, 4) is 0 Å². The van der Waals surface area contributed by atoms with Crippen LogP contribution in [0.25, 0.3) is 22.9 Å². The largest absolute Gasteiger partial charge is 4.00 e. The van der Waals surface area contributed by atoms with E-state index in [9.17, 15) is 0 Å². The summed E-state index contributed by atoms with van der Waals surface area (Å²) >= 11 is 0. The van der Waals surface area contributed by atoms with Gasteiger partial charge in [-0.25, -0.2) is 0 Å². The average Bonchev–Trinajstić information content (AvgIpc) is 1.93. The summed E-state index contributed by atoms with van der Waals surface area (Å²) in [6, 6.07) is 0. The quantitative estimate of drug-likeness (QED) is 0.716.